The second-order valence-electron chi connectivity index (χ2n) is 6.33. The van der Waals surface area contributed by atoms with Crippen LogP contribution in [0.3, 0.4) is 0 Å². The second kappa shape index (κ2) is 7.58. The van der Waals surface area contributed by atoms with E-state index in [9.17, 15) is 0 Å². The highest BCUT2D eigenvalue weighted by atomic mass is 16.5. The van der Waals surface area contributed by atoms with Gasteiger partial charge in [-0.15, -0.1) is 0 Å². The predicted octanol–water partition coefficient (Wildman–Crippen LogP) is 2.97. The minimum absolute atomic E-state index is 0.211. The quantitative estimate of drug-likeness (QED) is 0.757. The number of likely N-dealkylation sites (N-methyl/N-ethyl adjacent to an activating group) is 1. The van der Waals surface area contributed by atoms with E-state index < -0.39 is 0 Å². The zero-order valence-electron chi connectivity index (χ0n) is 13.6. The van der Waals surface area contributed by atoms with Crippen LogP contribution in [0.5, 0.6) is 0 Å². The molecule has 0 aromatic rings. The molecule has 2 aliphatic rings. The van der Waals surface area contributed by atoms with Crippen LogP contribution in [0.4, 0.5) is 0 Å². The molecular formula is C17H32N2O. The van der Waals surface area contributed by atoms with Gasteiger partial charge < -0.3 is 10.1 Å². The molecule has 116 valence electrons. The molecule has 0 amide bonds. The fourth-order valence-corrected chi connectivity index (χ4v) is 3.76. The summed E-state index contributed by atoms with van der Waals surface area (Å²) < 4.78 is 5.55. The van der Waals surface area contributed by atoms with Gasteiger partial charge >= 0.3 is 0 Å². The molecule has 20 heavy (non-hydrogen) atoms. The molecule has 1 heterocycles. The highest BCUT2D eigenvalue weighted by Gasteiger charge is 2.40. The standard InChI is InChI=1S/C17H32N2O/c1-4-17(3,19-11-13-20-14-12-19)16(18-5-2)15-9-7-6-8-10-15/h9,16,18H,4-8,10-14H2,1-3H3. The zero-order chi connectivity index (χ0) is 14.4. The fourth-order valence-electron chi connectivity index (χ4n) is 3.76. The lowest BCUT2D eigenvalue weighted by Crippen LogP contribution is -2.62. The average molecular weight is 280 g/mol. The van der Waals surface area contributed by atoms with E-state index in [1.165, 1.54) is 32.1 Å². The maximum absolute atomic E-state index is 5.55. The van der Waals surface area contributed by atoms with Crippen molar-refractivity contribution in [1.82, 2.24) is 10.2 Å². The highest BCUT2D eigenvalue weighted by Crippen LogP contribution is 2.33. The topological polar surface area (TPSA) is 24.5 Å². The number of ether oxygens (including phenoxy) is 1. The van der Waals surface area contributed by atoms with Crippen LogP contribution in [-0.2, 0) is 4.74 Å². The van der Waals surface area contributed by atoms with E-state index in [2.05, 4.69) is 37.1 Å². The maximum Gasteiger partial charge on any atom is 0.0594 e. The number of hydrogen-bond donors (Lipinski definition) is 1. The number of morpholine rings is 1. The Kier molecular flexibility index (Phi) is 6.06. The summed E-state index contributed by atoms with van der Waals surface area (Å²) in [6.07, 6.45) is 8.95. The molecule has 2 unspecified atom stereocenters. The Morgan fingerprint density at radius 1 is 1.30 bits per heavy atom. The van der Waals surface area contributed by atoms with Gasteiger partial charge in [-0.2, -0.15) is 0 Å². The second-order valence-corrected chi connectivity index (χ2v) is 6.33. The third-order valence-electron chi connectivity index (χ3n) is 5.18. The van der Waals surface area contributed by atoms with Crippen molar-refractivity contribution in [3.8, 4) is 0 Å². The minimum atomic E-state index is 0.211. The smallest absolute Gasteiger partial charge is 0.0594 e. The van der Waals surface area contributed by atoms with E-state index in [4.69, 9.17) is 4.74 Å². The van der Waals surface area contributed by atoms with E-state index in [0.29, 0.717) is 6.04 Å². The van der Waals surface area contributed by atoms with Crippen molar-refractivity contribution in [3.63, 3.8) is 0 Å². The van der Waals surface area contributed by atoms with Crippen LogP contribution in [0.2, 0.25) is 0 Å². The first-order chi connectivity index (χ1) is 9.72. The van der Waals surface area contributed by atoms with E-state index >= 15 is 0 Å². The lowest BCUT2D eigenvalue weighted by atomic mass is 9.79. The number of allylic oxidation sites excluding steroid dienone is 1. The lowest BCUT2D eigenvalue weighted by molar-refractivity contribution is -0.0278. The summed E-state index contributed by atoms with van der Waals surface area (Å²) in [6, 6.07) is 0.496. The largest absolute Gasteiger partial charge is 0.379 e. The van der Waals surface area contributed by atoms with E-state index in [-0.39, 0.29) is 5.54 Å². The molecule has 1 N–H and O–H groups in total. The van der Waals surface area contributed by atoms with Crippen LogP contribution >= 0.6 is 0 Å². The van der Waals surface area contributed by atoms with Gasteiger partial charge in [0.1, 0.15) is 0 Å². The molecule has 0 spiro atoms. The molecule has 1 saturated heterocycles. The molecule has 3 heteroatoms. The maximum atomic E-state index is 5.55. The summed E-state index contributed by atoms with van der Waals surface area (Å²) in [6.45, 7) is 12.0. The Balaban J connectivity index is 2.20. The summed E-state index contributed by atoms with van der Waals surface area (Å²) in [5, 5.41) is 3.79. The van der Waals surface area contributed by atoms with Crippen molar-refractivity contribution in [2.45, 2.75) is 64.5 Å². The third-order valence-corrected chi connectivity index (χ3v) is 5.18. The summed E-state index contributed by atoms with van der Waals surface area (Å²) >= 11 is 0. The zero-order valence-corrected chi connectivity index (χ0v) is 13.6. The number of nitrogens with one attached hydrogen (secondary N) is 1. The minimum Gasteiger partial charge on any atom is -0.379 e. The van der Waals surface area contributed by atoms with Gasteiger partial charge in [-0.3, -0.25) is 4.90 Å². The van der Waals surface area contributed by atoms with Gasteiger partial charge in [0.05, 0.1) is 13.2 Å². The van der Waals surface area contributed by atoms with Gasteiger partial charge in [-0.25, -0.2) is 0 Å². The summed E-state index contributed by atoms with van der Waals surface area (Å²) in [7, 11) is 0. The fraction of sp³-hybridized carbons (Fsp3) is 0.882. The number of rotatable bonds is 6. The molecule has 0 bridgehead atoms. The van der Waals surface area contributed by atoms with Gasteiger partial charge in [-0.1, -0.05) is 25.5 Å². The molecular weight excluding hydrogens is 248 g/mol. The first-order valence-corrected chi connectivity index (χ1v) is 8.47. The van der Waals surface area contributed by atoms with Gasteiger partial charge in [0.25, 0.3) is 0 Å². The molecule has 1 fully saturated rings. The monoisotopic (exact) mass is 280 g/mol. The Labute approximate surface area is 124 Å². The van der Waals surface area contributed by atoms with Gasteiger partial charge in [-0.05, 0) is 45.6 Å². The SMILES string of the molecule is CCNC(C1=CCCCC1)C(C)(CC)N1CCOCC1. The molecule has 1 aliphatic heterocycles. The normalized spacial score (nSPS) is 25.9. The molecule has 0 aromatic heterocycles. The predicted molar refractivity (Wildman–Crippen MR) is 85.1 cm³/mol. The molecule has 0 aromatic carbocycles. The molecule has 0 radical (unpaired) electrons. The van der Waals surface area contributed by atoms with Crippen molar-refractivity contribution in [2.24, 2.45) is 0 Å². The van der Waals surface area contributed by atoms with Crippen molar-refractivity contribution >= 4 is 0 Å². The first kappa shape index (κ1) is 16.0. The van der Waals surface area contributed by atoms with Crippen molar-refractivity contribution in [3.05, 3.63) is 11.6 Å². The van der Waals surface area contributed by atoms with Crippen LogP contribution in [-0.4, -0.2) is 49.3 Å². The molecule has 2 atom stereocenters. The Morgan fingerprint density at radius 2 is 2.05 bits per heavy atom. The van der Waals surface area contributed by atoms with Crippen LogP contribution < -0.4 is 5.32 Å². The Bertz CT molecular complexity index is 323. The van der Waals surface area contributed by atoms with Crippen LogP contribution in [0.15, 0.2) is 11.6 Å². The van der Waals surface area contributed by atoms with E-state index in [1.54, 1.807) is 5.57 Å². The van der Waals surface area contributed by atoms with Crippen molar-refractivity contribution in [2.75, 3.05) is 32.8 Å². The van der Waals surface area contributed by atoms with Gasteiger partial charge in [0.15, 0.2) is 0 Å². The summed E-state index contributed by atoms with van der Waals surface area (Å²) in [5.41, 5.74) is 1.86. The molecule has 2 rings (SSSR count). The average Bonchev–Trinajstić information content (AvgIpc) is 2.53. The first-order valence-electron chi connectivity index (χ1n) is 8.47. The van der Waals surface area contributed by atoms with Crippen molar-refractivity contribution in [1.29, 1.82) is 0 Å². The van der Waals surface area contributed by atoms with Crippen LogP contribution in [0, 0.1) is 0 Å². The Hall–Kier alpha value is -0.380. The van der Waals surface area contributed by atoms with Gasteiger partial charge in [0, 0.05) is 24.7 Å². The number of nitrogens with zero attached hydrogens (tertiary/aromatic N) is 1. The molecule has 1 aliphatic carbocycles. The molecule has 0 saturated carbocycles. The summed E-state index contributed by atoms with van der Waals surface area (Å²) in [4.78, 5) is 2.65. The van der Waals surface area contributed by atoms with Crippen LogP contribution in [0.1, 0.15) is 52.9 Å². The lowest BCUT2D eigenvalue weighted by Gasteiger charge is -2.49. The van der Waals surface area contributed by atoms with Crippen LogP contribution in [0.25, 0.3) is 0 Å². The molecule has 3 nitrogen and oxygen atoms in total. The van der Waals surface area contributed by atoms with E-state index in [0.717, 1.165) is 32.8 Å². The van der Waals surface area contributed by atoms with Gasteiger partial charge in [0.2, 0.25) is 0 Å². The highest BCUT2D eigenvalue weighted by molar-refractivity contribution is 5.20. The summed E-state index contributed by atoms with van der Waals surface area (Å²) in [5.74, 6) is 0. The Morgan fingerprint density at radius 3 is 2.60 bits per heavy atom. The van der Waals surface area contributed by atoms with Crippen molar-refractivity contribution < 1.29 is 4.74 Å². The third kappa shape index (κ3) is 3.44. The van der Waals surface area contributed by atoms with E-state index in [1.807, 2.05) is 0 Å². The number of hydrogen-bond acceptors (Lipinski definition) is 3.